The van der Waals surface area contributed by atoms with Crippen molar-refractivity contribution >= 4 is 11.6 Å². The molecule has 0 saturated carbocycles. The molecule has 0 fully saturated rings. The van der Waals surface area contributed by atoms with E-state index in [1.807, 2.05) is 47.4 Å². The summed E-state index contributed by atoms with van der Waals surface area (Å²) in [6.45, 7) is 1.79. The molecule has 0 amide bonds. The number of nitrogens with zero attached hydrogens (tertiary/aromatic N) is 1. The van der Waals surface area contributed by atoms with Gasteiger partial charge in [0.05, 0.1) is 11.6 Å². The third-order valence-electron chi connectivity index (χ3n) is 3.40. The summed E-state index contributed by atoms with van der Waals surface area (Å²) in [6.07, 6.45) is -0.665. The van der Waals surface area contributed by atoms with Gasteiger partial charge in [-0.05, 0) is 17.7 Å². The Labute approximate surface area is 141 Å². The van der Waals surface area contributed by atoms with Crippen molar-refractivity contribution < 1.29 is 14.9 Å². The lowest BCUT2D eigenvalue weighted by Gasteiger charge is -2.24. The minimum atomic E-state index is -0.665. The van der Waals surface area contributed by atoms with Gasteiger partial charge in [-0.1, -0.05) is 54.1 Å². The molecule has 4 nitrogen and oxygen atoms in total. The Bertz CT molecular complexity index is 579. The van der Waals surface area contributed by atoms with Gasteiger partial charge in [-0.2, -0.15) is 0 Å². The minimum Gasteiger partial charge on any atom is -0.489 e. The van der Waals surface area contributed by atoms with E-state index in [2.05, 4.69) is 0 Å². The van der Waals surface area contributed by atoms with E-state index in [-0.39, 0.29) is 13.2 Å². The van der Waals surface area contributed by atoms with Crippen LogP contribution in [0.4, 0.5) is 0 Å². The molecule has 0 spiro atoms. The molecule has 0 radical (unpaired) electrons. The first kappa shape index (κ1) is 17.8. The van der Waals surface area contributed by atoms with E-state index in [4.69, 9.17) is 16.3 Å². The Balaban J connectivity index is 1.85. The molecule has 2 aromatic rings. The maximum absolute atomic E-state index is 10.2. The first-order chi connectivity index (χ1) is 11.2. The van der Waals surface area contributed by atoms with Crippen molar-refractivity contribution in [3.63, 3.8) is 0 Å². The highest BCUT2D eigenvalue weighted by Gasteiger charge is 2.13. The zero-order chi connectivity index (χ0) is 16.5. The maximum atomic E-state index is 10.2. The van der Waals surface area contributed by atoms with E-state index >= 15 is 0 Å². The summed E-state index contributed by atoms with van der Waals surface area (Å²) in [5.74, 6) is 0.560. The van der Waals surface area contributed by atoms with Crippen LogP contribution in [0.1, 0.15) is 5.56 Å². The van der Waals surface area contributed by atoms with Crippen molar-refractivity contribution in [1.82, 2.24) is 4.90 Å². The monoisotopic (exact) mass is 335 g/mol. The predicted octanol–water partition coefficient (Wildman–Crippen LogP) is 2.57. The quantitative estimate of drug-likeness (QED) is 0.739. The average Bonchev–Trinajstić information content (AvgIpc) is 2.55. The highest BCUT2D eigenvalue weighted by Crippen LogP contribution is 2.23. The SMILES string of the molecule is OCCN(Cc1ccccc1)C[C@@H](O)COc1ccccc1Cl. The molecular weight excluding hydrogens is 314 g/mol. The number of benzene rings is 2. The lowest BCUT2D eigenvalue weighted by atomic mass is 10.2. The lowest BCUT2D eigenvalue weighted by molar-refractivity contribution is 0.0590. The van der Waals surface area contributed by atoms with Gasteiger partial charge in [-0.3, -0.25) is 4.90 Å². The molecule has 1 atom stereocenters. The van der Waals surface area contributed by atoms with Gasteiger partial charge in [-0.15, -0.1) is 0 Å². The zero-order valence-electron chi connectivity index (χ0n) is 12.9. The van der Waals surface area contributed by atoms with Crippen LogP contribution < -0.4 is 4.74 Å². The molecule has 124 valence electrons. The molecule has 5 heteroatoms. The first-order valence-corrected chi connectivity index (χ1v) is 7.99. The highest BCUT2D eigenvalue weighted by atomic mass is 35.5. The van der Waals surface area contributed by atoms with Gasteiger partial charge in [0, 0.05) is 19.6 Å². The second-order valence-electron chi connectivity index (χ2n) is 5.34. The molecule has 0 saturated heterocycles. The van der Waals surface area contributed by atoms with Crippen LogP contribution in [0.2, 0.25) is 5.02 Å². The van der Waals surface area contributed by atoms with Crippen molar-refractivity contribution in [2.45, 2.75) is 12.6 Å². The van der Waals surface area contributed by atoms with E-state index in [1.165, 1.54) is 0 Å². The fourth-order valence-corrected chi connectivity index (χ4v) is 2.51. The van der Waals surface area contributed by atoms with Crippen LogP contribution in [0.15, 0.2) is 54.6 Å². The Kier molecular flexibility index (Phi) is 7.36. The Morgan fingerprint density at radius 2 is 1.74 bits per heavy atom. The summed E-state index contributed by atoms with van der Waals surface area (Å²) in [5, 5.41) is 19.9. The van der Waals surface area contributed by atoms with Crippen LogP contribution in [0, 0.1) is 0 Å². The van der Waals surface area contributed by atoms with Crippen LogP contribution in [0.25, 0.3) is 0 Å². The van der Waals surface area contributed by atoms with E-state index < -0.39 is 6.10 Å². The van der Waals surface area contributed by atoms with Gasteiger partial charge < -0.3 is 14.9 Å². The summed E-state index contributed by atoms with van der Waals surface area (Å²) < 4.78 is 5.56. The zero-order valence-corrected chi connectivity index (χ0v) is 13.7. The number of hydrogen-bond acceptors (Lipinski definition) is 4. The Morgan fingerprint density at radius 3 is 2.43 bits per heavy atom. The van der Waals surface area contributed by atoms with Crippen molar-refractivity contribution in [3.05, 3.63) is 65.2 Å². The second-order valence-corrected chi connectivity index (χ2v) is 5.75. The first-order valence-electron chi connectivity index (χ1n) is 7.61. The molecule has 0 aliphatic carbocycles. The second kappa shape index (κ2) is 9.53. The summed E-state index contributed by atoms with van der Waals surface area (Å²) in [4.78, 5) is 2.00. The van der Waals surface area contributed by atoms with Crippen LogP contribution in [-0.2, 0) is 6.54 Å². The molecular formula is C18H22ClNO3. The van der Waals surface area contributed by atoms with Crippen molar-refractivity contribution in [2.24, 2.45) is 0 Å². The predicted molar refractivity (Wildman–Crippen MR) is 91.8 cm³/mol. The molecule has 0 aliphatic rings. The number of aliphatic hydroxyl groups is 2. The topological polar surface area (TPSA) is 52.9 Å². The van der Waals surface area contributed by atoms with Crippen LogP contribution >= 0.6 is 11.6 Å². The minimum absolute atomic E-state index is 0.0466. The van der Waals surface area contributed by atoms with E-state index in [0.717, 1.165) is 5.56 Å². The Morgan fingerprint density at radius 1 is 1.04 bits per heavy atom. The molecule has 2 aromatic carbocycles. The summed E-state index contributed by atoms with van der Waals surface area (Å²) in [6, 6.07) is 17.1. The standard InChI is InChI=1S/C18H22ClNO3/c19-17-8-4-5-9-18(17)23-14-16(22)13-20(10-11-21)12-15-6-2-1-3-7-15/h1-9,16,21-22H,10-14H2/t16-/m1/s1. The highest BCUT2D eigenvalue weighted by molar-refractivity contribution is 6.32. The molecule has 0 unspecified atom stereocenters. The number of rotatable bonds is 9. The summed E-state index contributed by atoms with van der Waals surface area (Å²) in [5.41, 5.74) is 1.14. The fraction of sp³-hybridized carbons (Fsp3) is 0.333. The third-order valence-corrected chi connectivity index (χ3v) is 3.71. The molecule has 2 rings (SSSR count). The van der Waals surface area contributed by atoms with Crippen molar-refractivity contribution in [2.75, 3.05) is 26.3 Å². The number of aliphatic hydroxyl groups excluding tert-OH is 2. The van der Waals surface area contributed by atoms with Gasteiger partial charge >= 0.3 is 0 Å². The fourth-order valence-electron chi connectivity index (χ4n) is 2.32. The molecule has 23 heavy (non-hydrogen) atoms. The van der Waals surface area contributed by atoms with E-state index in [1.54, 1.807) is 12.1 Å². The number of hydrogen-bond donors (Lipinski definition) is 2. The summed E-state index contributed by atoms with van der Waals surface area (Å²) >= 11 is 6.02. The van der Waals surface area contributed by atoms with Crippen LogP contribution in [0.3, 0.4) is 0 Å². The smallest absolute Gasteiger partial charge is 0.138 e. The van der Waals surface area contributed by atoms with Crippen LogP contribution in [0.5, 0.6) is 5.75 Å². The van der Waals surface area contributed by atoms with Gasteiger partial charge in [0.15, 0.2) is 0 Å². The molecule has 2 N–H and O–H groups in total. The average molecular weight is 336 g/mol. The largest absolute Gasteiger partial charge is 0.489 e. The number of halogens is 1. The maximum Gasteiger partial charge on any atom is 0.138 e. The van der Waals surface area contributed by atoms with Gasteiger partial charge in [-0.25, -0.2) is 0 Å². The number of para-hydroxylation sites is 1. The third kappa shape index (κ3) is 6.20. The van der Waals surface area contributed by atoms with Gasteiger partial charge in [0.2, 0.25) is 0 Å². The van der Waals surface area contributed by atoms with Crippen molar-refractivity contribution in [1.29, 1.82) is 0 Å². The molecule has 0 bridgehead atoms. The van der Waals surface area contributed by atoms with Crippen molar-refractivity contribution in [3.8, 4) is 5.75 Å². The summed E-state index contributed by atoms with van der Waals surface area (Å²) in [7, 11) is 0. The molecule has 0 aliphatic heterocycles. The Hall–Kier alpha value is -1.59. The van der Waals surface area contributed by atoms with Gasteiger partial charge in [0.25, 0.3) is 0 Å². The normalized spacial score (nSPS) is 12.3. The molecule has 0 heterocycles. The van der Waals surface area contributed by atoms with E-state index in [9.17, 15) is 10.2 Å². The lowest BCUT2D eigenvalue weighted by Crippen LogP contribution is -2.37. The van der Waals surface area contributed by atoms with Crippen LogP contribution in [-0.4, -0.2) is 47.5 Å². The number of ether oxygens (including phenoxy) is 1. The molecule has 0 aromatic heterocycles. The van der Waals surface area contributed by atoms with Gasteiger partial charge in [0.1, 0.15) is 18.5 Å². The van der Waals surface area contributed by atoms with E-state index in [0.29, 0.717) is 30.4 Å².